The summed E-state index contributed by atoms with van der Waals surface area (Å²) in [6.07, 6.45) is 1.70. The van der Waals surface area contributed by atoms with E-state index >= 15 is 0 Å². The second-order valence-electron chi connectivity index (χ2n) is 6.92. The summed E-state index contributed by atoms with van der Waals surface area (Å²) in [5.74, 6) is 0.899. The van der Waals surface area contributed by atoms with Gasteiger partial charge in [-0.05, 0) is 30.7 Å². The fourth-order valence-corrected chi connectivity index (χ4v) is 3.46. The Labute approximate surface area is 158 Å². The number of fused-ring (bicyclic) bond motifs is 1. The molecule has 1 fully saturated rings. The van der Waals surface area contributed by atoms with Gasteiger partial charge in [-0.15, -0.1) is 0 Å². The molecule has 1 N–H and O–H groups in total. The topological polar surface area (TPSA) is 62.7 Å². The number of carbonyl (C=O) groups is 1. The van der Waals surface area contributed by atoms with Crippen molar-refractivity contribution in [3.8, 4) is 11.5 Å². The number of benzene rings is 2. The Morgan fingerprint density at radius 2 is 1.85 bits per heavy atom. The van der Waals surface area contributed by atoms with E-state index in [1.54, 1.807) is 18.2 Å². The zero-order valence-corrected chi connectivity index (χ0v) is 15.3. The van der Waals surface area contributed by atoms with Crippen LogP contribution in [-0.2, 0) is 0 Å². The molecule has 0 unspecified atom stereocenters. The molecule has 3 aromatic rings. The standard InChI is InChI=1S/C22H22N2O3/c1-15-5-2-3-8-20(15)27-17-11-13-24(14-12-17)22(26)18-10-9-16-6-4-7-19(25)21(16)23-18/h2-10,17,25H,11-14H2,1H3. The number of aromatic hydroxyl groups is 1. The van der Waals surface area contributed by atoms with Crippen molar-refractivity contribution in [1.82, 2.24) is 9.88 Å². The fourth-order valence-electron chi connectivity index (χ4n) is 3.46. The Bertz CT molecular complexity index is 978. The number of rotatable bonds is 3. The summed E-state index contributed by atoms with van der Waals surface area (Å²) in [4.78, 5) is 19.0. The molecule has 0 aliphatic carbocycles. The first kappa shape index (κ1) is 17.3. The van der Waals surface area contributed by atoms with Crippen LogP contribution in [0.15, 0.2) is 54.6 Å². The van der Waals surface area contributed by atoms with E-state index in [-0.39, 0.29) is 17.8 Å². The number of amides is 1. The molecule has 0 saturated carbocycles. The maximum absolute atomic E-state index is 12.8. The molecule has 0 bridgehead atoms. The molecule has 5 nitrogen and oxygen atoms in total. The summed E-state index contributed by atoms with van der Waals surface area (Å²) < 4.78 is 6.11. The summed E-state index contributed by atoms with van der Waals surface area (Å²) in [7, 11) is 0. The zero-order chi connectivity index (χ0) is 18.8. The van der Waals surface area contributed by atoms with E-state index in [0.29, 0.717) is 24.3 Å². The van der Waals surface area contributed by atoms with E-state index in [1.165, 1.54) is 0 Å². The van der Waals surface area contributed by atoms with E-state index in [2.05, 4.69) is 4.98 Å². The van der Waals surface area contributed by atoms with Gasteiger partial charge in [-0.3, -0.25) is 4.79 Å². The molecule has 1 aliphatic heterocycles. The summed E-state index contributed by atoms with van der Waals surface area (Å²) in [5.41, 5.74) is 1.94. The lowest BCUT2D eigenvalue weighted by molar-refractivity contribution is 0.0589. The van der Waals surface area contributed by atoms with Crippen LogP contribution in [0.1, 0.15) is 28.9 Å². The Balaban J connectivity index is 1.43. The number of piperidine rings is 1. The zero-order valence-electron chi connectivity index (χ0n) is 15.3. The van der Waals surface area contributed by atoms with Crippen LogP contribution in [0.4, 0.5) is 0 Å². The molecule has 1 amide bonds. The maximum Gasteiger partial charge on any atom is 0.272 e. The summed E-state index contributed by atoms with van der Waals surface area (Å²) >= 11 is 0. The van der Waals surface area contributed by atoms with E-state index < -0.39 is 0 Å². The van der Waals surface area contributed by atoms with Gasteiger partial charge in [0.25, 0.3) is 5.91 Å². The van der Waals surface area contributed by atoms with Gasteiger partial charge >= 0.3 is 0 Å². The number of likely N-dealkylation sites (tertiary alicyclic amines) is 1. The first-order valence-electron chi connectivity index (χ1n) is 9.22. The number of pyridine rings is 1. The lowest BCUT2D eigenvalue weighted by Crippen LogP contribution is -2.42. The van der Waals surface area contributed by atoms with Gasteiger partial charge in [-0.1, -0.05) is 36.4 Å². The predicted octanol–water partition coefficient (Wildman–Crippen LogP) is 3.93. The Morgan fingerprint density at radius 1 is 1.07 bits per heavy atom. The highest BCUT2D eigenvalue weighted by Crippen LogP contribution is 2.25. The highest BCUT2D eigenvalue weighted by atomic mass is 16.5. The second kappa shape index (κ2) is 7.27. The molecule has 1 saturated heterocycles. The van der Waals surface area contributed by atoms with E-state index in [1.807, 2.05) is 48.2 Å². The lowest BCUT2D eigenvalue weighted by Gasteiger charge is -2.32. The van der Waals surface area contributed by atoms with Gasteiger partial charge in [0, 0.05) is 31.3 Å². The molecular weight excluding hydrogens is 340 g/mol. The van der Waals surface area contributed by atoms with E-state index in [4.69, 9.17) is 4.74 Å². The number of para-hydroxylation sites is 2. The first-order valence-corrected chi connectivity index (χ1v) is 9.22. The number of phenolic OH excluding ortho intramolecular Hbond substituents is 1. The largest absolute Gasteiger partial charge is 0.506 e. The van der Waals surface area contributed by atoms with Crippen molar-refractivity contribution in [3.05, 3.63) is 65.9 Å². The molecule has 1 aliphatic rings. The van der Waals surface area contributed by atoms with Gasteiger partial charge in [0.15, 0.2) is 0 Å². The van der Waals surface area contributed by atoms with Gasteiger partial charge in [-0.2, -0.15) is 0 Å². The molecule has 138 valence electrons. The minimum atomic E-state index is -0.102. The average Bonchev–Trinajstić information content (AvgIpc) is 2.70. The second-order valence-corrected chi connectivity index (χ2v) is 6.92. The maximum atomic E-state index is 12.8. The minimum Gasteiger partial charge on any atom is -0.506 e. The normalized spacial score (nSPS) is 15.1. The predicted molar refractivity (Wildman–Crippen MR) is 104 cm³/mol. The molecule has 27 heavy (non-hydrogen) atoms. The van der Waals surface area contributed by atoms with Crippen molar-refractivity contribution < 1.29 is 14.6 Å². The number of ether oxygens (including phenoxy) is 1. The van der Waals surface area contributed by atoms with Gasteiger partial charge in [0.2, 0.25) is 0 Å². The number of nitrogens with zero attached hydrogens (tertiary/aromatic N) is 2. The van der Waals surface area contributed by atoms with Gasteiger partial charge in [-0.25, -0.2) is 4.98 Å². The van der Waals surface area contributed by atoms with Crippen LogP contribution in [-0.4, -0.2) is 40.1 Å². The number of aryl methyl sites for hydroxylation is 1. The monoisotopic (exact) mass is 362 g/mol. The minimum absolute atomic E-state index is 0.0903. The highest BCUT2D eigenvalue weighted by molar-refractivity contribution is 5.96. The van der Waals surface area contributed by atoms with Gasteiger partial charge in [0.05, 0.1) is 0 Å². The Kier molecular flexibility index (Phi) is 4.67. The van der Waals surface area contributed by atoms with Crippen LogP contribution in [0.2, 0.25) is 0 Å². The Morgan fingerprint density at radius 3 is 2.63 bits per heavy atom. The first-order chi connectivity index (χ1) is 13.1. The molecule has 5 heteroatoms. The number of phenols is 1. The van der Waals surface area contributed by atoms with Crippen molar-refractivity contribution >= 4 is 16.8 Å². The molecule has 0 radical (unpaired) electrons. The van der Waals surface area contributed by atoms with Crippen LogP contribution in [0.5, 0.6) is 11.5 Å². The highest BCUT2D eigenvalue weighted by Gasteiger charge is 2.26. The van der Waals surface area contributed by atoms with Crippen LogP contribution >= 0.6 is 0 Å². The third-order valence-corrected chi connectivity index (χ3v) is 5.03. The summed E-state index contributed by atoms with van der Waals surface area (Å²) in [5, 5.41) is 10.8. The van der Waals surface area contributed by atoms with Crippen LogP contribution in [0.3, 0.4) is 0 Å². The SMILES string of the molecule is Cc1ccccc1OC1CCN(C(=O)c2ccc3cccc(O)c3n2)CC1. The van der Waals surface area contributed by atoms with Gasteiger partial charge < -0.3 is 14.7 Å². The van der Waals surface area contributed by atoms with Crippen LogP contribution < -0.4 is 4.74 Å². The van der Waals surface area contributed by atoms with Crippen molar-refractivity contribution in [2.24, 2.45) is 0 Å². The number of carbonyl (C=O) groups excluding carboxylic acids is 1. The summed E-state index contributed by atoms with van der Waals surface area (Å²) in [6, 6.07) is 16.7. The number of hydrogen-bond acceptors (Lipinski definition) is 4. The molecular formula is C22H22N2O3. The van der Waals surface area contributed by atoms with Crippen molar-refractivity contribution in [2.75, 3.05) is 13.1 Å². The van der Waals surface area contributed by atoms with Crippen molar-refractivity contribution in [1.29, 1.82) is 0 Å². The molecule has 0 atom stereocenters. The van der Waals surface area contributed by atoms with Crippen molar-refractivity contribution in [3.63, 3.8) is 0 Å². The van der Waals surface area contributed by atoms with Gasteiger partial charge in [0.1, 0.15) is 28.8 Å². The van der Waals surface area contributed by atoms with E-state index in [9.17, 15) is 9.90 Å². The third kappa shape index (κ3) is 3.58. The molecule has 1 aromatic heterocycles. The average molecular weight is 362 g/mol. The van der Waals surface area contributed by atoms with E-state index in [0.717, 1.165) is 29.5 Å². The van der Waals surface area contributed by atoms with Crippen LogP contribution in [0, 0.1) is 6.92 Å². The van der Waals surface area contributed by atoms with Crippen molar-refractivity contribution in [2.45, 2.75) is 25.9 Å². The molecule has 0 spiro atoms. The third-order valence-electron chi connectivity index (χ3n) is 5.03. The molecule has 2 aromatic carbocycles. The fraction of sp³-hybridized carbons (Fsp3) is 0.273. The number of aromatic nitrogens is 1. The molecule has 2 heterocycles. The van der Waals surface area contributed by atoms with Crippen LogP contribution in [0.25, 0.3) is 10.9 Å². The smallest absolute Gasteiger partial charge is 0.272 e. The Hall–Kier alpha value is -3.08. The lowest BCUT2D eigenvalue weighted by atomic mass is 10.1. The quantitative estimate of drug-likeness (QED) is 0.767. The molecule has 4 rings (SSSR count). The number of hydrogen-bond donors (Lipinski definition) is 1. The summed E-state index contributed by atoms with van der Waals surface area (Å²) in [6.45, 7) is 3.31.